The zero-order valence-corrected chi connectivity index (χ0v) is 14.0. The summed E-state index contributed by atoms with van der Waals surface area (Å²) in [7, 11) is 1.68. The highest BCUT2D eigenvalue weighted by atomic mass is 79.9. The normalized spacial score (nSPS) is 14.6. The summed E-state index contributed by atoms with van der Waals surface area (Å²) in [5, 5.41) is 4.62. The van der Waals surface area contributed by atoms with Gasteiger partial charge in [-0.15, -0.1) is 11.3 Å². The summed E-state index contributed by atoms with van der Waals surface area (Å²) in [6, 6.07) is 6.82. The summed E-state index contributed by atoms with van der Waals surface area (Å²) in [5.74, 6) is 0.845. The van der Waals surface area contributed by atoms with E-state index in [0.29, 0.717) is 0 Å². The van der Waals surface area contributed by atoms with Gasteiger partial charge in [0.1, 0.15) is 10.8 Å². The topological polar surface area (TPSA) is 34.1 Å². The summed E-state index contributed by atoms with van der Waals surface area (Å²) in [4.78, 5) is 6.02. The van der Waals surface area contributed by atoms with Crippen LogP contribution in [0.25, 0.3) is 10.6 Å². The largest absolute Gasteiger partial charge is 0.496 e. The Kier molecular flexibility index (Phi) is 4.10. The summed E-state index contributed by atoms with van der Waals surface area (Å²) in [5.41, 5.74) is 2.26. The van der Waals surface area contributed by atoms with Gasteiger partial charge in [-0.25, -0.2) is 4.98 Å². The van der Waals surface area contributed by atoms with Crippen molar-refractivity contribution in [1.82, 2.24) is 10.3 Å². The molecule has 3 nitrogen and oxygen atoms in total. The fraction of sp³-hybridized carbons (Fsp3) is 0.400. The number of thiazole rings is 1. The predicted molar refractivity (Wildman–Crippen MR) is 86.4 cm³/mol. The fourth-order valence-electron chi connectivity index (χ4n) is 2.04. The summed E-state index contributed by atoms with van der Waals surface area (Å²) in [6.07, 6.45) is 2.63. The molecule has 1 heterocycles. The molecule has 1 aliphatic rings. The number of ether oxygens (including phenoxy) is 1. The van der Waals surface area contributed by atoms with E-state index in [1.165, 1.54) is 17.7 Å². The first kappa shape index (κ1) is 14.0. The second-order valence-corrected chi connectivity index (χ2v) is 6.97. The maximum absolute atomic E-state index is 5.26. The van der Waals surface area contributed by atoms with Gasteiger partial charge in [-0.3, -0.25) is 0 Å². The van der Waals surface area contributed by atoms with E-state index in [9.17, 15) is 0 Å². The lowest BCUT2D eigenvalue weighted by Crippen LogP contribution is -2.14. The Balaban J connectivity index is 1.82. The van der Waals surface area contributed by atoms with Crippen molar-refractivity contribution >= 4 is 27.3 Å². The number of aryl methyl sites for hydroxylation is 1. The molecular formula is C15H17BrN2OS. The number of aromatic nitrogens is 1. The second kappa shape index (κ2) is 5.84. The minimum absolute atomic E-state index is 0.732. The molecule has 106 valence electrons. The van der Waals surface area contributed by atoms with Crippen LogP contribution in [0.2, 0.25) is 0 Å². The van der Waals surface area contributed by atoms with Crippen LogP contribution in [0.15, 0.2) is 22.7 Å². The lowest BCUT2D eigenvalue weighted by atomic mass is 10.2. The molecule has 1 aromatic heterocycles. The third-order valence-corrected chi connectivity index (χ3v) is 5.25. The Hall–Kier alpha value is -0.910. The monoisotopic (exact) mass is 352 g/mol. The summed E-state index contributed by atoms with van der Waals surface area (Å²) in [6.45, 7) is 3.02. The van der Waals surface area contributed by atoms with Crippen molar-refractivity contribution < 1.29 is 4.74 Å². The quantitative estimate of drug-likeness (QED) is 0.877. The van der Waals surface area contributed by atoms with Crippen LogP contribution in [0.5, 0.6) is 5.75 Å². The van der Waals surface area contributed by atoms with Crippen LogP contribution >= 0.6 is 27.3 Å². The van der Waals surface area contributed by atoms with Crippen molar-refractivity contribution in [2.24, 2.45) is 0 Å². The second-order valence-electron chi connectivity index (χ2n) is 5.03. The van der Waals surface area contributed by atoms with Crippen LogP contribution in [0.4, 0.5) is 0 Å². The average Bonchev–Trinajstić information content (AvgIpc) is 3.19. The van der Waals surface area contributed by atoms with Crippen LogP contribution in [0, 0.1) is 6.92 Å². The molecule has 0 spiro atoms. The number of halogens is 1. The molecule has 1 aromatic carbocycles. The molecule has 5 heteroatoms. The van der Waals surface area contributed by atoms with Crippen molar-refractivity contribution in [1.29, 1.82) is 0 Å². The molecule has 0 radical (unpaired) electrons. The molecule has 1 fully saturated rings. The van der Waals surface area contributed by atoms with E-state index >= 15 is 0 Å². The molecule has 0 aliphatic heterocycles. The SMILES string of the molecule is COc1ccc(-c2nc(C)c(CNC3CC3)s2)cc1Br. The minimum atomic E-state index is 0.732. The number of rotatable bonds is 5. The van der Waals surface area contributed by atoms with Crippen molar-refractivity contribution in [3.8, 4) is 16.3 Å². The van der Waals surface area contributed by atoms with Gasteiger partial charge in [0.2, 0.25) is 0 Å². The van der Waals surface area contributed by atoms with E-state index in [1.54, 1.807) is 18.4 Å². The van der Waals surface area contributed by atoms with Crippen molar-refractivity contribution in [3.05, 3.63) is 33.2 Å². The zero-order chi connectivity index (χ0) is 14.1. The number of methoxy groups -OCH3 is 1. The molecule has 1 aliphatic carbocycles. The van der Waals surface area contributed by atoms with Gasteiger partial charge < -0.3 is 10.1 Å². The Labute approximate surface area is 131 Å². The van der Waals surface area contributed by atoms with Crippen molar-refractivity contribution in [3.63, 3.8) is 0 Å². The number of benzene rings is 1. The molecule has 2 aromatic rings. The molecule has 0 atom stereocenters. The number of hydrogen-bond donors (Lipinski definition) is 1. The van der Waals surface area contributed by atoms with Gasteiger partial charge in [0.25, 0.3) is 0 Å². The molecule has 0 amide bonds. The predicted octanol–water partition coefficient (Wildman–Crippen LogP) is 4.14. The van der Waals surface area contributed by atoms with Gasteiger partial charge in [0.15, 0.2) is 0 Å². The first-order valence-electron chi connectivity index (χ1n) is 6.71. The van der Waals surface area contributed by atoms with E-state index in [0.717, 1.165) is 39.1 Å². The van der Waals surface area contributed by atoms with Gasteiger partial charge in [-0.1, -0.05) is 0 Å². The standard InChI is InChI=1S/C15H17BrN2OS/c1-9-14(8-17-11-4-5-11)20-15(18-9)10-3-6-13(19-2)12(16)7-10/h3,6-7,11,17H,4-5,8H2,1-2H3. The van der Waals surface area contributed by atoms with Gasteiger partial charge in [0.05, 0.1) is 17.3 Å². The third kappa shape index (κ3) is 3.05. The van der Waals surface area contributed by atoms with Crippen LogP contribution in [-0.2, 0) is 6.54 Å². The lowest BCUT2D eigenvalue weighted by Gasteiger charge is -2.04. The van der Waals surface area contributed by atoms with Crippen molar-refractivity contribution in [2.75, 3.05) is 7.11 Å². The van der Waals surface area contributed by atoms with Crippen LogP contribution in [0.1, 0.15) is 23.4 Å². The third-order valence-electron chi connectivity index (χ3n) is 3.42. The number of nitrogens with one attached hydrogen (secondary N) is 1. The highest BCUT2D eigenvalue weighted by molar-refractivity contribution is 9.10. The molecule has 1 N–H and O–H groups in total. The number of hydrogen-bond acceptors (Lipinski definition) is 4. The molecular weight excluding hydrogens is 336 g/mol. The first-order chi connectivity index (χ1) is 9.67. The maximum atomic E-state index is 5.26. The van der Waals surface area contributed by atoms with E-state index < -0.39 is 0 Å². The van der Waals surface area contributed by atoms with Crippen molar-refractivity contribution in [2.45, 2.75) is 32.4 Å². The van der Waals surface area contributed by atoms with E-state index in [1.807, 2.05) is 6.07 Å². The Morgan fingerprint density at radius 1 is 1.45 bits per heavy atom. The molecule has 3 rings (SSSR count). The molecule has 1 saturated carbocycles. The molecule has 20 heavy (non-hydrogen) atoms. The highest BCUT2D eigenvalue weighted by Gasteiger charge is 2.21. The Morgan fingerprint density at radius 2 is 2.25 bits per heavy atom. The molecule has 0 saturated heterocycles. The molecule has 0 bridgehead atoms. The molecule has 0 unspecified atom stereocenters. The lowest BCUT2D eigenvalue weighted by molar-refractivity contribution is 0.412. The van der Waals surface area contributed by atoms with Gasteiger partial charge >= 0.3 is 0 Å². The van der Waals surface area contributed by atoms with Crippen LogP contribution in [0.3, 0.4) is 0 Å². The van der Waals surface area contributed by atoms with Gasteiger partial charge in [-0.2, -0.15) is 0 Å². The van der Waals surface area contributed by atoms with E-state index in [4.69, 9.17) is 9.72 Å². The zero-order valence-electron chi connectivity index (χ0n) is 11.6. The van der Waals surface area contributed by atoms with Gasteiger partial charge in [0, 0.05) is 23.0 Å². The van der Waals surface area contributed by atoms with Gasteiger partial charge in [-0.05, 0) is 53.9 Å². The summed E-state index contributed by atoms with van der Waals surface area (Å²) >= 11 is 5.30. The average molecular weight is 353 g/mol. The fourth-order valence-corrected chi connectivity index (χ4v) is 3.59. The first-order valence-corrected chi connectivity index (χ1v) is 8.32. The van der Waals surface area contributed by atoms with Crippen LogP contribution in [-0.4, -0.2) is 18.1 Å². The van der Waals surface area contributed by atoms with Crippen LogP contribution < -0.4 is 10.1 Å². The summed E-state index contributed by atoms with van der Waals surface area (Å²) < 4.78 is 6.22. The minimum Gasteiger partial charge on any atom is -0.496 e. The number of nitrogens with zero attached hydrogens (tertiary/aromatic N) is 1. The van der Waals surface area contributed by atoms with E-state index in [2.05, 4.69) is 40.3 Å². The Bertz CT molecular complexity index is 622. The maximum Gasteiger partial charge on any atom is 0.133 e. The van der Waals surface area contributed by atoms with E-state index in [-0.39, 0.29) is 0 Å². The Morgan fingerprint density at radius 3 is 2.90 bits per heavy atom. The smallest absolute Gasteiger partial charge is 0.133 e. The highest BCUT2D eigenvalue weighted by Crippen LogP contribution is 2.33.